The van der Waals surface area contributed by atoms with Crippen LogP contribution in [-0.2, 0) is 12.8 Å². The molecule has 2 heterocycles. The Morgan fingerprint density at radius 3 is 2.81 bits per heavy atom. The lowest BCUT2D eigenvalue weighted by atomic mass is 9.97. The van der Waals surface area contributed by atoms with Crippen molar-refractivity contribution in [3.8, 4) is 0 Å². The van der Waals surface area contributed by atoms with Crippen LogP contribution in [0.4, 0.5) is 0 Å². The maximum atomic E-state index is 6.27. The number of nitrogens with zero attached hydrogens (tertiary/aromatic N) is 2. The Morgan fingerprint density at radius 1 is 1.12 bits per heavy atom. The van der Waals surface area contributed by atoms with Gasteiger partial charge in [0.15, 0.2) is 0 Å². The smallest absolute Gasteiger partial charge is 0.143 e. The minimum atomic E-state index is 0.490. The van der Waals surface area contributed by atoms with E-state index in [0.717, 1.165) is 18.7 Å². The summed E-state index contributed by atoms with van der Waals surface area (Å²) in [7, 11) is 0. The summed E-state index contributed by atoms with van der Waals surface area (Å²) in [5.41, 5.74) is 2.42. The molecule has 1 saturated heterocycles. The largest absolute Gasteiger partial charge is 0.236 e. The first kappa shape index (κ1) is 10.8. The van der Waals surface area contributed by atoms with Gasteiger partial charge in [-0.1, -0.05) is 11.6 Å². The van der Waals surface area contributed by atoms with Crippen molar-refractivity contribution in [2.75, 3.05) is 5.75 Å². The summed E-state index contributed by atoms with van der Waals surface area (Å²) in [6, 6.07) is 0. The van der Waals surface area contributed by atoms with Crippen LogP contribution in [0.3, 0.4) is 0 Å². The maximum absolute atomic E-state index is 6.27. The summed E-state index contributed by atoms with van der Waals surface area (Å²) in [6.45, 7) is 0. The molecule has 4 heteroatoms. The van der Waals surface area contributed by atoms with Crippen molar-refractivity contribution >= 4 is 23.4 Å². The van der Waals surface area contributed by atoms with E-state index in [9.17, 15) is 0 Å². The highest BCUT2D eigenvalue weighted by molar-refractivity contribution is 7.99. The Bertz CT molecular complexity index is 402. The number of aromatic nitrogens is 2. The molecular formula is C12H15ClN2S. The highest BCUT2D eigenvalue weighted by Crippen LogP contribution is 2.39. The van der Waals surface area contributed by atoms with Gasteiger partial charge < -0.3 is 0 Å². The van der Waals surface area contributed by atoms with Gasteiger partial charge in [0.05, 0.1) is 5.25 Å². The van der Waals surface area contributed by atoms with E-state index in [1.165, 1.54) is 42.7 Å². The van der Waals surface area contributed by atoms with Gasteiger partial charge in [-0.3, -0.25) is 0 Å². The summed E-state index contributed by atoms with van der Waals surface area (Å²) in [4.78, 5) is 9.24. The highest BCUT2D eigenvalue weighted by Gasteiger charge is 2.24. The molecule has 0 amide bonds. The van der Waals surface area contributed by atoms with E-state index in [4.69, 9.17) is 16.6 Å². The number of halogens is 1. The van der Waals surface area contributed by atoms with Crippen LogP contribution in [0.25, 0.3) is 0 Å². The molecule has 2 aliphatic rings. The minimum Gasteiger partial charge on any atom is -0.236 e. The summed E-state index contributed by atoms with van der Waals surface area (Å²) < 4.78 is 0. The fourth-order valence-electron chi connectivity index (χ4n) is 2.49. The van der Waals surface area contributed by atoms with Gasteiger partial charge >= 0.3 is 0 Å². The van der Waals surface area contributed by atoms with Crippen molar-refractivity contribution in [3.63, 3.8) is 0 Å². The first-order valence-corrected chi connectivity index (χ1v) is 7.44. The molecule has 0 N–H and O–H groups in total. The number of hydrogen-bond donors (Lipinski definition) is 0. The lowest BCUT2D eigenvalue weighted by molar-refractivity contribution is 0.648. The molecule has 2 nitrogen and oxygen atoms in total. The van der Waals surface area contributed by atoms with Gasteiger partial charge in [-0.15, -0.1) is 0 Å². The predicted octanol–water partition coefficient (Wildman–Crippen LogP) is 3.58. The molecule has 0 radical (unpaired) electrons. The molecule has 1 fully saturated rings. The van der Waals surface area contributed by atoms with Crippen molar-refractivity contribution in [2.24, 2.45) is 0 Å². The number of rotatable bonds is 1. The Balaban J connectivity index is 1.97. The van der Waals surface area contributed by atoms with Crippen LogP contribution in [-0.4, -0.2) is 15.7 Å². The molecule has 0 saturated carbocycles. The van der Waals surface area contributed by atoms with Crippen molar-refractivity contribution in [2.45, 2.75) is 43.8 Å². The Morgan fingerprint density at radius 2 is 2.00 bits per heavy atom. The first-order chi connectivity index (χ1) is 7.84. The van der Waals surface area contributed by atoms with Crippen LogP contribution in [0.2, 0.25) is 5.15 Å². The van der Waals surface area contributed by atoms with E-state index < -0.39 is 0 Å². The fraction of sp³-hybridized carbons (Fsp3) is 0.667. The number of hydrogen-bond acceptors (Lipinski definition) is 3. The molecule has 0 bridgehead atoms. The Kier molecular flexibility index (Phi) is 3.07. The minimum absolute atomic E-state index is 0.490. The maximum Gasteiger partial charge on any atom is 0.143 e. The third kappa shape index (κ3) is 1.95. The van der Waals surface area contributed by atoms with Crippen molar-refractivity contribution in [1.82, 2.24) is 9.97 Å². The molecule has 3 rings (SSSR count). The van der Waals surface area contributed by atoms with Crippen LogP contribution >= 0.6 is 23.4 Å². The molecule has 1 aromatic rings. The van der Waals surface area contributed by atoms with Gasteiger partial charge in [0.25, 0.3) is 0 Å². The van der Waals surface area contributed by atoms with Crippen LogP contribution in [0.5, 0.6) is 0 Å². The summed E-state index contributed by atoms with van der Waals surface area (Å²) >= 11 is 8.24. The molecule has 1 atom stereocenters. The fourth-order valence-corrected chi connectivity index (χ4v) is 3.99. The molecule has 86 valence electrons. The van der Waals surface area contributed by atoms with Gasteiger partial charge in [-0.25, -0.2) is 9.97 Å². The molecular weight excluding hydrogens is 240 g/mol. The van der Waals surface area contributed by atoms with Crippen LogP contribution < -0.4 is 0 Å². The second-order valence-electron chi connectivity index (χ2n) is 4.51. The van der Waals surface area contributed by atoms with Gasteiger partial charge in [0, 0.05) is 11.3 Å². The van der Waals surface area contributed by atoms with Crippen LogP contribution in [0.15, 0.2) is 0 Å². The average molecular weight is 255 g/mol. The monoisotopic (exact) mass is 254 g/mol. The lowest BCUT2D eigenvalue weighted by Gasteiger charge is -2.18. The average Bonchev–Trinajstić information content (AvgIpc) is 2.82. The van der Waals surface area contributed by atoms with E-state index in [1.807, 2.05) is 11.8 Å². The molecule has 1 aromatic heterocycles. The zero-order valence-corrected chi connectivity index (χ0v) is 10.8. The van der Waals surface area contributed by atoms with Gasteiger partial charge in [0.1, 0.15) is 11.0 Å². The number of thioether (sulfide) groups is 1. The highest BCUT2D eigenvalue weighted by atomic mass is 35.5. The van der Waals surface area contributed by atoms with E-state index in [1.54, 1.807) is 0 Å². The zero-order chi connectivity index (χ0) is 11.0. The molecule has 0 aromatic carbocycles. The molecule has 16 heavy (non-hydrogen) atoms. The van der Waals surface area contributed by atoms with Crippen molar-refractivity contribution < 1.29 is 0 Å². The van der Waals surface area contributed by atoms with Gasteiger partial charge in [-0.2, -0.15) is 11.8 Å². The topological polar surface area (TPSA) is 25.8 Å². The molecule has 1 aliphatic heterocycles. The first-order valence-electron chi connectivity index (χ1n) is 6.01. The Hall–Kier alpha value is -0.280. The number of aryl methyl sites for hydroxylation is 1. The standard InChI is InChI=1S/C12H15ClN2S/c13-11-8-4-1-2-5-9(8)14-12(15-11)10-6-3-7-16-10/h10H,1-7H2. The van der Waals surface area contributed by atoms with Gasteiger partial charge in [0.2, 0.25) is 0 Å². The molecule has 0 spiro atoms. The van der Waals surface area contributed by atoms with E-state index in [2.05, 4.69) is 4.98 Å². The number of fused-ring (bicyclic) bond motifs is 1. The normalized spacial score (nSPS) is 24.4. The predicted molar refractivity (Wildman–Crippen MR) is 68.1 cm³/mol. The SMILES string of the molecule is Clc1nc(C2CCCS2)nc2c1CCCC2. The Labute approximate surface area is 105 Å². The molecule has 1 unspecified atom stereocenters. The molecule has 1 aliphatic carbocycles. The van der Waals surface area contributed by atoms with Crippen molar-refractivity contribution in [1.29, 1.82) is 0 Å². The quantitative estimate of drug-likeness (QED) is 0.717. The van der Waals surface area contributed by atoms with E-state index in [-0.39, 0.29) is 0 Å². The second-order valence-corrected chi connectivity index (χ2v) is 6.18. The second kappa shape index (κ2) is 4.53. The lowest BCUT2D eigenvalue weighted by Crippen LogP contribution is -2.11. The van der Waals surface area contributed by atoms with Crippen molar-refractivity contribution in [3.05, 3.63) is 22.2 Å². The third-order valence-electron chi connectivity index (χ3n) is 3.37. The van der Waals surface area contributed by atoms with Crippen LogP contribution in [0, 0.1) is 0 Å². The summed E-state index contributed by atoms with van der Waals surface area (Å²) in [5.74, 6) is 2.22. The zero-order valence-electron chi connectivity index (χ0n) is 9.21. The van der Waals surface area contributed by atoms with E-state index >= 15 is 0 Å². The summed E-state index contributed by atoms with van der Waals surface area (Å²) in [5, 5.41) is 1.21. The third-order valence-corrected chi connectivity index (χ3v) is 5.05. The van der Waals surface area contributed by atoms with Crippen LogP contribution in [0.1, 0.15) is 48.0 Å². The summed E-state index contributed by atoms with van der Waals surface area (Å²) in [6.07, 6.45) is 7.12. The van der Waals surface area contributed by atoms with Gasteiger partial charge in [-0.05, 0) is 44.3 Å². The van der Waals surface area contributed by atoms with E-state index in [0.29, 0.717) is 10.4 Å².